The molecule has 0 bridgehead atoms. The minimum atomic E-state index is -0.232. The first-order chi connectivity index (χ1) is 6.67. The third-order valence-electron chi connectivity index (χ3n) is 2.29. The van der Waals surface area contributed by atoms with Crippen molar-refractivity contribution in [2.75, 3.05) is 20.8 Å². The molecule has 1 aliphatic rings. The van der Waals surface area contributed by atoms with Crippen LogP contribution in [-0.4, -0.2) is 45.2 Å². The summed E-state index contributed by atoms with van der Waals surface area (Å²) in [5, 5.41) is 2.78. The second-order valence-electron chi connectivity index (χ2n) is 3.32. The second kappa shape index (κ2) is 5.29. The van der Waals surface area contributed by atoms with Gasteiger partial charge in [0.25, 0.3) is 0 Å². The number of hydrogen-bond donors (Lipinski definition) is 1. The van der Waals surface area contributed by atoms with Gasteiger partial charge in [-0.3, -0.25) is 4.79 Å². The van der Waals surface area contributed by atoms with Crippen molar-refractivity contribution in [3.8, 4) is 0 Å². The molecule has 5 heteroatoms. The first-order valence-electron chi connectivity index (χ1n) is 4.61. The lowest BCUT2D eigenvalue weighted by molar-refractivity contribution is -0.186. The van der Waals surface area contributed by atoms with Crippen molar-refractivity contribution in [3.05, 3.63) is 0 Å². The molecular weight excluding hydrogens is 186 g/mol. The minimum Gasteiger partial charge on any atom is -0.379 e. The number of carbonyl (C=O) groups excluding carboxylic acids is 1. The number of methoxy groups -OCH3 is 2. The highest BCUT2D eigenvalue weighted by molar-refractivity contribution is 5.73. The first kappa shape index (κ1) is 11.4. The van der Waals surface area contributed by atoms with Gasteiger partial charge in [0, 0.05) is 27.6 Å². The van der Waals surface area contributed by atoms with E-state index < -0.39 is 0 Å². The predicted octanol–water partition coefficient (Wildman–Crippen LogP) is -0.101. The van der Waals surface area contributed by atoms with Gasteiger partial charge in [0.1, 0.15) is 0 Å². The summed E-state index contributed by atoms with van der Waals surface area (Å²) < 4.78 is 15.7. The molecule has 82 valence electrons. The molecule has 0 aliphatic carbocycles. The van der Waals surface area contributed by atoms with Crippen molar-refractivity contribution in [3.63, 3.8) is 0 Å². The molecule has 0 aromatic heterocycles. The van der Waals surface area contributed by atoms with Gasteiger partial charge < -0.3 is 19.5 Å². The van der Waals surface area contributed by atoms with Gasteiger partial charge in [0.05, 0.1) is 18.8 Å². The standard InChI is InChI=1S/C9H17NO4/c1-6(11)10-7-5-14-9(13-3)4-8(7)12-2/h7-9H,4-5H2,1-3H3,(H,10,11)/t7-,8-,9-/m0/s1. The monoisotopic (exact) mass is 203 g/mol. The SMILES string of the molecule is CO[C@@H]1C[C@H](OC)[C@@H](NC(C)=O)CO1. The average molecular weight is 203 g/mol. The van der Waals surface area contributed by atoms with E-state index in [1.165, 1.54) is 6.92 Å². The van der Waals surface area contributed by atoms with Gasteiger partial charge in [-0.2, -0.15) is 0 Å². The van der Waals surface area contributed by atoms with Crippen molar-refractivity contribution < 1.29 is 19.0 Å². The zero-order valence-corrected chi connectivity index (χ0v) is 8.78. The maximum atomic E-state index is 10.9. The van der Waals surface area contributed by atoms with Gasteiger partial charge in [-0.15, -0.1) is 0 Å². The normalized spacial score (nSPS) is 32.6. The quantitative estimate of drug-likeness (QED) is 0.696. The summed E-state index contributed by atoms with van der Waals surface area (Å²) in [6.45, 7) is 1.91. The molecule has 0 aromatic carbocycles. The first-order valence-corrected chi connectivity index (χ1v) is 4.61. The van der Waals surface area contributed by atoms with Crippen LogP contribution in [0.2, 0.25) is 0 Å². The molecule has 1 N–H and O–H groups in total. The Hall–Kier alpha value is -0.650. The lowest BCUT2D eigenvalue weighted by Gasteiger charge is -2.34. The maximum absolute atomic E-state index is 10.9. The molecule has 1 aliphatic heterocycles. The molecule has 0 saturated carbocycles. The van der Waals surface area contributed by atoms with E-state index in [-0.39, 0.29) is 24.3 Å². The third-order valence-corrected chi connectivity index (χ3v) is 2.29. The van der Waals surface area contributed by atoms with E-state index in [9.17, 15) is 4.79 Å². The van der Waals surface area contributed by atoms with E-state index in [0.717, 1.165) is 0 Å². The molecule has 0 radical (unpaired) electrons. The average Bonchev–Trinajstić information content (AvgIpc) is 2.17. The number of nitrogens with one attached hydrogen (secondary N) is 1. The number of rotatable bonds is 3. The fourth-order valence-corrected chi connectivity index (χ4v) is 1.56. The highest BCUT2D eigenvalue weighted by atomic mass is 16.7. The van der Waals surface area contributed by atoms with E-state index in [0.29, 0.717) is 13.0 Å². The topological polar surface area (TPSA) is 56.8 Å². The van der Waals surface area contributed by atoms with Crippen LogP contribution >= 0.6 is 0 Å². The number of ether oxygens (including phenoxy) is 3. The van der Waals surface area contributed by atoms with Crippen molar-refractivity contribution in [2.45, 2.75) is 31.8 Å². The summed E-state index contributed by atoms with van der Waals surface area (Å²) in [5.74, 6) is -0.0727. The Morgan fingerprint density at radius 3 is 2.64 bits per heavy atom. The molecule has 0 unspecified atom stereocenters. The number of hydrogen-bond acceptors (Lipinski definition) is 4. The second-order valence-corrected chi connectivity index (χ2v) is 3.32. The van der Waals surface area contributed by atoms with Crippen LogP contribution in [0.5, 0.6) is 0 Å². The predicted molar refractivity (Wildman–Crippen MR) is 49.8 cm³/mol. The third kappa shape index (κ3) is 2.94. The van der Waals surface area contributed by atoms with E-state index in [2.05, 4.69) is 5.32 Å². The van der Waals surface area contributed by atoms with Crippen molar-refractivity contribution in [1.29, 1.82) is 0 Å². The van der Waals surface area contributed by atoms with Crippen LogP contribution < -0.4 is 5.32 Å². The lowest BCUT2D eigenvalue weighted by Crippen LogP contribution is -2.52. The van der Waals surface area contributed by atoms with Crippen LogP contribution in [-0.2, 0) is 19.0 Å². The summed E-state index contributed by atoms with van der Waals surface area (Å²) in [5.41, 5.74) is 0. The van der Waals surface area contributed by atoms with Crippen molar-refractivity contribution in [1.82, 2.24) is 5.32 Å². The summed E-state index contributed by atoms with van der Waals surface area (Å²) >= 11 is 0. The summed E-state index contributed by atoms with van der Waals surface area (Å²) in [7, 11) is 3.22. The molecular formula is C9H17NO4. The van der Waals surface area contributed by atoms with E-state index in [1.807, 2.05) is 0 Å². The lowest BCUT2D eigenvalue weighted by atomic mass is 10.1. The van der Waals surface area contributed by atoms with Gasteiger partial charge in [-0.25, -0.2) is 0 Å². The summed E-state index contributed by atoms with van der Waals surface area (Å²) in [6, 6.07) is -0.0797. The van der Waals surface area contributed by atoms with Crippen LogP contribution in [0.25, 0.3) is 0 Å². The van der Waals surface area contributed by atoms with Crippen LogP contribution in [0.4, 0.5) is 0 Å². The Bertz CT molecular complexity index is 197. The largest absolute Gasteiger partial charge is 0.379 e. The van der Waals surface area contributed by atoms with Crippen molar-refractivity contribution >= 4 is 5.91 Å². The van der Waals surface area contributed by atoms with E-state index >= 15 is 0 Å². The van der Waals surface area contributed by atoms with Crippen LogP contribution in [0, 0.1) is 0 Å². The zero-order valence-electron chi connectivity index (χ0n) is 8.78. The van der Waals surface area contributed by atoms with E-state index in [1.54, 1.807) is 14.2 Å². The van der Waals surface area contributed by atoms with Crippen LogP contribution in [0.1, 0.15) is 13.3 Å². The fourth-order valence-electron chi connectivity index (χ4n) is 1.56. The number of amides is 1. The Balaban J connectivity index is 2.47. The van der Waals surface area contributed by atoms with Crippen molar-refractivity contribution in [2.24, 2.45) is 0 Å². The molecule has 1 saturated heterocycles. The smallest absolute Gasteiger partial charge is 0.217 e. The molecule has 14 heavy (non-hydrogen) atoms. The van der Waals surface area contributed by atoms with Crippen LogP contribution in [0.15, 0.2) is 0 Å². The van der Waals surface area contributed by atoms with Gasteiger partial charge in [0.15, 0.2) is 6.29 Å². The molecule has 0 spiro atoms. The summed E-state index contributed by atoms with van der Waals surface area (Å²) in [6.07, 6.45) is 0.361. The molecule has 5 nitrogen and oxygen atoms in total. The van der Waals surface area contributed by atoms with Gasteiger partial charge in [-0.1, -0.05) is 0 Å². The molecule has 1 fully saturated rings. The van der Waals surface area contributed by atoms with Gasteiger partial charge >= 0.3 is 0 Å². The minimum absolute atomic E-state index is 0.0439. The highest BCUT2D eigenvalue weighted by Gasteiger charge is 2.31. The zero-order chi connectivity index (χ0) is 10.6. The van der Waals surface area contributed by atoms with Crippen LogP contribution in [0.3, 0.4) is 0 Å². The van der Waals surface area contributed by atoms with E-state index in [4.69, 9.17) is 14.2 Å². The fraction of sp³-hybridized carbons (Fsp3) is 0.889. The molecule has 1 rings (SSSR count). The maximum Gasteiger partial charge on any atom is 0.217 e. The Morgan fingerprint density at radius 2 is 2.14 bits per heavy atom. The molecule has 3 atom stereocenters. The highest BCUT2D eigenvalue weighted by Crippen LogP contribution is 2.17. The molecule has 1 amide bonds. The Kier molecular flexibility index (Phi) is 4.31. The molecule has 1 heterocycles. The summed E-state index contributed by atoms with van der Waals surface area (Å²) in [4.78, 5) is 10.9. The Morgan fingerprint density at radius 1 is 1.43 bits per heavy atom. The Labute approximate surface area is 83.7 Å². The number of carbonyl (C=O) groups is 1. The molecule has 0 aromatic rings. The van der Waals surface area contributed by atoms with Gasteiger partial charge in [0.2, 0.25) is 5.91 Å². The van der Waals surface area contributed by atoms with Gasteiger partial charge in [-0.05, 0) is 0 Å².